The van der Waals surface area contributed by atoms with E-state index in [9.17, 15) is 4.79 Å². The van der Waals surface area contributed by atoms with Gasteiger partial charge in [0, 0.05) is 17.6 Å². The van der Waals surface area contributed by atoms with Crippen LogP contribution in [0.3, 0.4) is 0 Å². The second-order valence-electron chi connectivity index (χ2n) is 6.91. The zero-order valence-electron chi connectivity index (χ0n) is 15.3. The lowest BCUT2D eigenvalue weighted by atomic mass is 9.93. The number of fused-ring (bicyclic) bond motifs is 1. The fourth-order valence-electron chi connectivity index (χ4n) is 3.55. The quantitative estimate of drug-likeness (QED) is 0.475. The van der Waals surface area contributed by atoms with Crippen LogP contribution in [0.15, 0.2) is 48.8 Å². The Balaban J connectivity index is 1.47. The number of nitrogens with zero attached hydrogens (tertiary/aromatic N) is 2. The van der Waals surface area contributed by atoms with Crippen LogP contribution in [-0.4, -0.2) is 28.5 Å². The van der Waals surface area contributed by atoms with Crippen LogP contribution in [0.4, 0.5) is 11.5 Å². The molecular weight excluding hydrogens is 376 g/mol. The Morgan fingerprint density at radius 1 is 1.07 bits per heavy atom. The molecule has 0 unspecified atom stereocenters. The molecule has 2 heterocycles. The van der Waals surface area contributed by atoms with Gasteiger partial charge in [0.1, 0.15) is 16.7 Å². The average molecular weight is 397 g/mol. The summed E-state index contributed by atoms with van der Waals surface area (Å²) >= 11 is 5.84. The molecule has 3 aromatic rings. The summed E-state index contributed by atoms with van der Waals surface area (Å²) in [4.78, 5) is 19.1. The standard InChI is InChI=1S/C21H21ClN4O2/c22-20-8-3-16(12-24-20)26-21-19-7-6-18(11-14(19)9-10-23-21)28-17-4-1-15(2-5-17)25-13-27/h3,6-13,15,17H,1-2,4-5H2,(H,23,26)(H,25,27). The Hall–Kier alpha value is -2.86. The molecule has 1 aliphatic rings. The third-order valence-electron chi connectivity index (χ3n) is 5.01. The molecule has 0 saturated heterocycles. The highest BCUT2D eigenvalue weighted by atomic mass is 35.5. The summed E-state index contributed by atoms with van der Waals surface area (Å²) in [6.45, 7) is 0. The van der Waals surface area contributed by atoms with Gasteiger partial charge in [-0.1, -0.05) is 11.6 Å². The van der Waals surface area contributed by atoms with E-state index in [2.05, 4.69) is 20.6 Å². The molecule has 1 aromatic carbocycles. The van der Waals surface area contributed by atoms with Gasteiger partial charge in [-0.05, 0) is 67.5 Å². The van der Waals surface area contributed by atoms with Crippen molar-refractivity contribution in [3.8, 4) is 5.75 Å². The maximum Gasteiger partial charge on any atom is 0.207 e. The third kappa shape index (κ3) is 4.34. The number of carbonyl (C=O) groups excluding carboxylic acids is 1. The van der Waals surface area contributed by atoms with Crippen molar-refractivity contribution in [2.24, 2.45) is 0 Å². The van der Waals surface area contributed by atoms with Gasteiger partial charge >= 0.3 is 0 Å². The molecule has 4 rings (SSSR count). The van der Waals surface area contributed by atoms with Gasteiger partial charge in [0.2, 0.25) is 6.41 Å². The summed E-state index contributed by atoms with van der Waals surface area (Å²) in [5.41, 5.74) is 0.824. The van der Waals surface area contributed by atoms with Crippen molar-refractivity contribution >= 4 is 40.3 Å². The van der Waals surface area contributed by atoms with Gasteiger partial charge in [-0.3, -0.25) is 4.79 Å². The SMILES string of the molecule is O=CNC1CCC(Oc2ccc3c(Nc4ccc(Cl)nc4)nccc3c2)CC1. The Morgan fingerprint density at radius 2 is 1.93 bits per heavy atom. The number of carbonyl (C=O) groups is 1. The molecule has 0 aliphatic heterocycles. The van der Waals surface area contributed by atoms with Crippen LogP contribution < -0.4 is 15.4 Å². The number of benzene rings is 1. The number of nitrogens with one attached hydrogen (secondary N) is 2. The maximum absolute atomic E-state index is 10.6. The van der Waals surface area contributed by atoms with E-state index in [1.54, 1.807) is 18.5 Å². The lowest BCUT2D eigenvalue weighted by Gasteiger charge is -2.28. The fourth-order valence-corrected chi connectivity index (χ4v) is 3.66. The second kappa shape index (κ2) is 8.44. The number of anilines is 2. The van der Waals surface area contributed by atoms with Crippen LogP contribution in [0.5, 0.6) is 5.75 Å². The van der Waals surface area contributed by atoms with Crippen molar-refractivity contribution in [2.45, 2.75) is 37.8 Å². The number of amides is 1. The van der Waals surface area contributed by atoms with Crippen LogP contribution >= 0.6 is 11.6 Å². The number of pyridine rings is 2. The van der Waals surface area contributed by atoms with Crippen LogP contribution in [0, 0.1) is 0 Å². The highest BCUT2D eigenvalue weighted by molar-refractivity contribution is 6.29. The molecule has 6 nitrogen and oxygen atoms in total. The number of hydrogen-bond donors (Lipinski definition) is 2. The van der Waals surface area contributed by atoms with Crippen molar-refractivity contribution in [3.63, 3.8) is 0 Å². The molecule has 0 spiro atoms. The van der Waals surface area contributed by atoms with E-state index < -0.39 is 0 Å². The lowest BCUT2D eigenvalue weighted by Crippen LogP contribution is -2.35. The van der Waals surface area contributed by atoms with E-state index in [-0.39, 0.29) is 12.1 Å². The first kappa shape index (κ1) is 18.5. The van der Waals surface area contributed by atoms with Gasteiger partial charge in [0.25, 0.3) is 0 Å². The minimum Gasteiger partial charge on any atom is -0.490 e. The van der Waals surface area contributed by atoms with Crippen molar-refractivity contribution in [1.29, 1.82) is 0 Å². The highest BCUT2D eigenvalue weighted by Crippen LogP contribution is 2.30. The average Bonchev–Trinajstić information content (AvgIpc) is 2.71. The molecule has 0 radical (unpaired) electrons. The zero-order chi connectivity index (χ0) is 19.3. The highest BCUT2D eigenvalue weighted by Gasteiger charge is 2.22. The summed E-state index contributed by atoms with van der Waals surface area (Å²) in [5, 5.41) is 8.65. The minimum absolute atomic E-state index is 0.182. The molecule has 28 heavy (non-hydrogen) atoms. The van der Waals surface area contributed by atoms with Gasteiger partial charge < -0.3 is 15.4 Å². The summed E-state index contributed by atoms with van der Waals surface area (Å²) in [7, 11) is 0. The monoisotopic (exact) mass is 396 g/mol. The normalized spacial score (nSPS) is 19.2. The summed E-state index contributed by atoms with van der Waals surface area (Å²) in [6, 6.07) is 11.9. The Bertz CT molecular complexity index is 956. The van der Waals surface area contributed by atoms with E-state index in [0.29, 0.717) is 5.15 Å². The zero-order valence-corrected chi connectivity index (χ0v) is 16.0. The molecule has 1 amide bonds. The van der Waals surface area contributed by atoms with E-state index in [1.165, 1.54) is 0 Å². The van der Waals surface area contributed by atoms with Crippen LogP contribution in [0.1, 0.15) is 25.7 Å². The van der Waals surface area contributed by atoms with Gasteiger partial charge in [-0.15, -0.1) is 0 Å². The van der Waals surface area contributed by atoms with Crippen LogP contribution in [0.25, 0.3) is 10.8 Å². The van der Waals surface area contributed by atoms with E-state index in [1.807, 2.05) is 30.3 Å². The van der Waals surface area contributed by atoms with Crippen molar-refractivity contribution in [1.82, 2.24) is 15.3 Å². The molecule has 0 atom stereocenters. The van der Waals surface area contributed by atoms with Crippen molar-refractivity contribution in [3.05, 3.63) is 53.9 Å². The summed E-state index contributed by atoms with van der Waals surface area (Å²) in [5.74, 6) is 1.61. The van der Waals surface area contributed by atoms with E-state index >= 15 is 0 Å². The predicted molar refractivity (Wildman–Crippen MR) is 110 cm³/mol. The molecule has 1 fully saturated rings. The minimum atomic E-state index is 0.182. The molecular formula is C21H21ClN4O2. The van der Waals surface area contributed by atoms with Gasteiger partial charge in [0.05, 0.1) is 18.0 Å². The fraction of sp³-hybridized carbons (Fsp3) is 0.286. The molecule has 2 N–H and O–H groups in total. The predicted octanol–water partition coefficient (Wildman–Crippen LogP) is 4.46. The van der Waals surface area contributed by atoms with Gasteiger partial charge in [-0.25, -0.2) is 9.97 Å². The first-order valence-corrected chi connectivity index (χ1v) is 9.73. The Morgan fingerprint density at radius 3 is 2.68 bits per heavy atom. The number of rotatable bonds is 6. The first-order valence-electron chi connectivity index (χ1n) is 9.35. The number of halogens is 1. The smallest absolute Gasteiger partial charge is 0.207 e. The van der Waals surface area contributed by atoms with Crippen LogP contribution in [-0.2, 0) is 4.79 Å². The first-order chi connectivity index (χ1) is 13.7. The van der Waals surface area contributed by atoms with Crippen molar-refractivity contribution in [2.75, 3.05) is 5.32 Å². The largest absolute Gasteiger partial charge is 0.490 e. The molecule has 2 aromatic heterocycles. The summed E-state index contributed by atoms with van der Waals surface area (Å²) in [6.07, 6.45) is 8.20. The number of hydrogen-bond acceptors (Lipinski definition) is 5. The molecule has 1 aliphatic carbocycles. The third-order valence-corrected chi connectivity index (χ3v) is 5.23. The van der Waals surface area contributed by atoms with Crippen molar-refractivity contribution < 1.29 is 9.53 Å². The molecule has 7 heteroatoms. The van der Waals surface area contributed by atoms with E-state index in [0.717, 1.165) is 60.1 Å². The number of aromatic nitrogens is 2. The Kier molecular flexibility index (Phi) is 5.58. The van der Waals surface area contributed by atoms with Gasteiger partial charge in [0.15, 0.2) is 0 Å². The molecule has 144 valence electrons. The second-order valence-corrected chi connectivity index (χ2v) is 7.30. The number of ether oxygens (including phenoxy) is 1. The topological polar surface area (TPSA) is 76.1 Å². The summed E-state index contributed by atoms with van der Waals surface area (Å²) < 4.78 is 6.18. The van der Waals surface area contributed by atoms with Crippen LogP contribution in [0.2, 0.25) is 5.15 Å². The lowest BCUT2D eigenvalue weighted by molar-refractivity contribution is -0.110. The molecule has 1 saturated carbocycles. The Labute approximate surface area is 168 Å². The van der Waals surface area contributed by atoms with Gasteiger partial charge in [-0.2, -0.15) is 0 Å². The maximum atomic E-state index is 10.6. The van der Waals surface area contributed by atoms with E-state index in [4.69, 9.17) is 16.3 Å². The molecule has 0 bridgehead atoms.